The molecule has 3 rings (SSSR count). The molecular weight excluding hydrogens is 294 g/mol. The van der Waals surface area contributed by atoms with Gasteiger partial charge in [-0.25, -0.2) is 13.4 Å². The second kappa shape index (κ2) is 4.77. The van der Waals surface area contributed by atoms with Crippen molar-refractivity contribution in [2.75, 3.05) is 10.5 Å². The molecule has 0 unspecified atom stereocenters. The highest BCUT2D eigenvalue weighted by Crippen LogP contribution is 2.28. The monoisotopic (exact) mass is 305 g/mol. The van der Waals surface area contributed by atoms with Gasteiger partial charge in [-0.3, -0.25) is 4.72 Å². The van der Waals surface area contributed by atoms with Crippen LogP contribution in [0.1, 0.15) is 0 Å². The zero-order valence-electron chi connectivity index (χ0n) is 10.3. The molecule has 0 saturated carbocycles. The molecule has 0 radical (unpaired) electrons. The third-order valence-corrected chi connectivity index (χ3v) is 5.11. The molecule has 0 atom stereocenters. The topological polar surface area (TPSA) is 85.1 Å². The molecule has 0 spiro atoms. The van der Waals surface area contributed by atoms with Crippen molar-refractivity contribution in [3.63, 3.8) is 0 Å². The maximum atomic E-state index is 12.2. The number of anilines is 2. The summed E-state index contributed by atoms with van der Waals surface area (Å²) >= 11 is 1.25. The van der Waals surface area contributed by atoms with Gasteiger partial charge >= 0.3 is 0 Å². The number of benzene rings is 2. The van der Waals surface area contributed by atoms with E-state index < -0.39 is 10.0 Å². The Labute approximate surface area is 120 Å². The molecule has 0 fully saturated rings. The Morgan fingerprint density at radius 2 is 1.85 bits per heavy atom. The summed E-state index contributed by atoms with van der Waals surface area (Å²) in [6.45, 7) is 0. The second-order valence-electron chi connectivity index (χ2n) is 4.16. The molecule has 7 heteroatoms. The van der Waals surface area contributed by atoms with E-state index in [1.54, 1.807) is 36.4 Å². The normalized spacial score (nSPS) is 11.6. The Balaban J connectivity index is 1.97. The van der Waals surface area contributed by atoms with Crippen molar-refractivity contribution in [3.05, 3.63) is 48.5 Å². The smallest absolute Gasteiger partial charge is 0.263 e. The molecule has 3 N–H and O–H groups in total. The number of rotatable bonds is 3. The first-order valence-electron chi connectivity index (χ1n) is 5.78. The number of nitrogens with zero attached hydrogens (tertiary/aromatic N) is 1. The molecule has 2 aromatic carbocycles. The lowest BCUT2D eigenvalue weighted by Crippen LogP contribution is -2.12. The number of nitrogens with one attached hydrogen (secondary N) is 1. The van der Waals surface area contributed by atoms with E-state index in [1.165, 1.54) is 23.5 Å². The molecule has 0 bridgehead atoms. The lowest BCUT2D eigenvalue weighted by Gasteiger charge is -2.03. The molecule has 1 aromatic heterocycles. The Kier molecular flexibility index (Phi) is 3.07. The van der Waals surface area contributed by atoms with Crippen LogP contribution < -0.4 is 10.5 Å². The van der Waals surface area contributed by atoms with Crippen molar-refractivity contribution in [2.45, 2.75) is 4.90 Å². The zero-order valence-corrected chi connectivity index (χ0v) is 11.9. The number of thiazole rings is 1. The van der Waals surface area contributed by atoms with Crippen LogP contribution in [-0.2, 0) is 10.0 Å². The van der Waals surface area contributed by atoms with Gasteiger partial charge in [0.1, 0.15) is 0 Å². The summed E-state index contributed by atoms with van der Waals surface area (Å²) in [6, 6.07) is 13.5. The van der Waals surface area contributed by atoms with Gasteiger partial charge in [0.15, 0.2) is 5.13 Å². The molecule has 20 heavy (non-hydrogen) atoms. The maximum Gasteiger partial charge on any atom is 0.263 e. The van der Waals surface area contributed by atoms with E-state index in [4.69, 9.17) is 5.73 Å². The molecule has 5 nitrogen and oxygen atoms in total. The first kappa shape index (κ1) is 12.9. The van der Waals surface area contributed by atoms with Crippen LogP contribution in [0, 0.1) is 0 Å². The predicted molar refractivity (Wildman–Crippen MR) is 81.3 cm³/mol. The number of nitrogen functional groups attached to an aromatic ring is 1. The SMILES string of the molecule is Nc1ccc2nc(NS(=O)(=O)c3ccccc3)sc2c1. The molecule has 1 heterocycles. The van der Waals surface area contributed by atoms with Crippen LogP contribution in [-0.4, -0.2) is 13.4 Å². The van der Waals surface area contributed by atoms with Crippen LogP contribution in [0.4, 0.5) is 10.8 Å². The van der Waals surface area contributed by atoms with Crippen LogP contribution in [0.2, 0.25) is 0 Å². The first-order chi connectivity index (χ1) is 9.54. The van der Waals surface area contributed by atoms with Crippen LogP contribution in [0.15, 0.2) is 53.4 Å². The van der Waals surface area contributed by atoms with E-state index in [9.17, 15) is 8.42 Å². The number of sulfonamides is 1. The van der Waals surface area contributed by atoms with E-state index in [0.717, 1.165) is 10.2 Å². The van der Waals surface area contributed by atoms with Crippen molar-refractivity contribution >= 4 is 42.4 Å². The summed E-state index contributed by atoms with van der Waals surface area (Å²) < 4.78 is 27.7. The second-order valence-corrected chi connectivity index (χ2v) is 6.88. The summed E-state index contributed by atoms with van der Waals surface area (Å²) in [7, 11) is -3.60. The molecule has 0 aliphatic carbocycles. The Morgan fingerprint density at radius 1 is 1.10 bits per heavy atom. The Morgan fingerprint density at radius 3 is 2.60 bits per heavy atom. The van der Waals surface area contributed by atoms with Gasteiger partial charge in [-0.2, -0.15) is 0 Å². The molecule has 0 amide bonds. The van der Waals surface area contributed by atoms with E-state index in [2.05, 4.69) is 9.71 Å². The Bertz CT molecular complexity index is 858. The van der Waals surface area contributed by atoms with Crippen molar-refractivity contribution in [1.29, 1.82) is 0 Å². The van der Waals surface area contributed by atoms with E-state index >= 15 is 0 Å². The van der Waals surface area contributed by atoms with Crippen molar-refractivity contribution in [2.24, 2.45) is 0 Å². The van der Waals surface area contributed by atoms with E-state index in [1.807, 2.05) is 0 Å². The van der Waals surface area contributed by atoms with E-state index in [-0.39, 0.29) is 4.90 Å². The third kappa shape index (κ3) is 2.45. The molecule has 0 aliphatic rings. The highest BCUT2D eigenvalue weighted by molar-refractivity contribution is 7.93. The van der Waals surface area contributed by atoms with Crippen molar-refractivity contribution < 1.29 is 8.42 Å². The molecule has 0 aliphatic heterocycles. The molecular formula is C13H11N3O2S2. The van der Waals surface area contributed by atoms with Gasteiger partial charge in [-0.05, 0) is 30.3 Å². The van der Waals surface area contributed by atoms with Gasteiger partial charge in [0, 0.05) is 5.69 Å². The summed E-state index contributed by atoms with van der Waals surface area (Å²) in [6.07, 6.45) is 0. The average molecular weight is 305 g/mol. The minimum atomic E-state index is -3.60. The molecule has 3 aromatic rings. The van der Waals surface area contributed by atoms with Crippen molar-refractivity contribution in [3.8, 4) is 0 Å². The summed E-state index contributed by atoms with van der Waals surface area (Å²) in [5.41, 5.74) is 7.03. The van der Waals surface area contributed by atoms with Gasteiger partial charge in [0.05, 0.1) is 15.1 Å². The third-order valence-electron chi connectivity index (χ3n) is 2.69. The fourth-order valence-corrected chi connectivity index (χ4v) is 3.93. The largest absolute Gasteiger partial charge is 0.399 e. The Hall–Kier alpha value is -2.12. The quantitative estimate of drug-likeness (QED) is 0.729. The number of aromatic nitrogens is 1. The van der Waals surface area contributed by atoms with Gasteiger partial charge in [0.25, 0.3) is 10.0 Å². The number of fused-ring (bicyclic) bond motifs is 1. The van der Waals surface area contributed by atoms with Gasteiger partial charge in [-0.15, -0.1) is 0 Å². The van der Waals surface area contributed by atoms with Crippen LogP contribution in [0.3, 0.4) is 0 Å². The maximum absolute atomic E-state index is 12.2. The standard InChI is InChI=1S/C13H11N3O2S2/c14-9-6-7-11-12(8-9)19-13(15-11)16-20(17,18)10-4-2-1-3-5-10/h1-8H,14H2,(H,15,16). The zero-order chi connectivity index (χ0) is 14.2. The lowest BCUT2D eigenvalue weighted by molar-refractivity contribution is 0.601. The first-order valence-corrected chi connectivity index (χ1v) is 8.08. The highest BCUT2D eigenvalue weighted by atomic mass is 32.2. The lowest BCUT2D eigenvalue weighted by atomic mass is 10.3. The van der Waals surface area contributed by atoms with Crippen LogP contribution in [0.25, 0.3) is 10.2 Å². The number of hydrogen-bond acceptors (Lipinski definition) is 5. The van der Waals surface area contributed by atoms with Crippen molar-refractivity contribution in [1.82, 2.24) is 4.98 Å². The van der Waals surface area contributed by atoms with E-state index in [0.29, 0.717) is 10.8 Å². The highest BCUT2D eigenvalue weighted by Gasteiger charge is 2.15. The number of hydrogen-bond donors (Lipinski definition) is 2. The average Bonchev–Trinajstić information content (AvgIpc) is 2.80. The predicted octanol–water partition coefficient (Wildman–Crippen LogP) is 2.68. The van der Waals surface area contributed by atoms with Gasteiger partial charge in [0.2, 0.25) is 0 Å². The fraction of sp³-hybridized carbons (Fsp3) is 0. The molecule has 0 saturated heterocycles. The van der Waals surface area contributed by atoms with Crippen LogP contribution >= 0.6 is 11.3 Å². The fourth-order valence-electron chi connectivity index (χ4n) is 1.76. The molecule has 102 valence electrons. The van der Waals surface area contributed by atoms with Gasteiger partial charge in [-0.1, -0.05) is 29.5 Å². The number of nitrogens with two attached hydrogens (primary N) is 1. The summed E-state index contributed by atoms with van der Waals surface area (Å²) in [5, 5.41) is 0.328. The minimum absolute atomic E-state index is 0.207. The van der Waals surface area contributed by atoms with Gasteiger partial charge < -0.3 is 5.73 Å². The summed E-state index contributed by atoms with van der Waals surface area (Å²) in [5.74, 6) is 0. The summed E-state index contributed by atoms with van der Waals surface area (Å²) in [4.78, 5) is 4.44. The van der Waals surface area contributed by atoms with Crippen LogP contribution in [0.5, 0.6) is 0 Å². The minimum Gasteiger partial charge on any atom is -0.399 e.